The molecule has 4 fully saturated rings. The summed E-state index contributed by atoms with van der Waals surface area (Å²) in [5.41, 5.74) is 0.665. The molecule has 0 unspecified atom stereocenters. The van der Waals surface area contributed by atoms with Crippen molar-refractivity contribution in [3.8, 4) is 0 Å². The molecule has 2 heterocycles. The van der Waals surface area contributed by atoms with E-state index >= 15 is 0 Å². The number of hydrogen-bond donors (Lipinski definition) is 1. The van der Waals surface area contributed by atoms with Gasteiger partial charge < -0.3 is 10.1 Å². The van der Waals surface area contributed by atoms with E-state index < -0.39 is 5.72 Å². The van der Waals surface area contributed by atoms with Gasteiger partial charge in [0.2, 0.25) is 5.72 Å². The zero-order valence-corrected chi connectivity index (χ0v) is 21.6. The summed E-state index contributed by atoms with van der Waals surface area (Å²) in [5.74, 6) is 1.10. The number of esters is 1. The van der Waals surface area contributed by atoms with Crippen molar-refractivity contribution in [2.24, 2.45) is 44.8 Å². The highest BCUT2D eigenvalue weighted by Crippen LogP contribution is 2.88. The van der Waals surface area contributed by atoms with Gasteiger partial charge in [0.1, 0.15) is 0 Å². The Hall–Kier alpha value is -2.17. The number of fused-ring (bicyclic) bond motifs is 2. The molecule has 186 valence electrons. The molecule has 0 saturated heterocycles. The summed E-state index contributed by atoms with van der Waals surface area (Å²) >= 11 is 0. The van der Waals surface area contributed by atoms with E-state index in [1.54, 1.807) is 13.0 Å². The van der Waals surface area contributed by atoms with Gasteiger partial charge in [-0.3, -0.25) is 9.59 Å². The van der Waals surface area contributed by atoms with E-state index in [2.05, 4.69) is 39.1 Å². The SMILES string of the molecule is CC1=C[C@@]2(C=C([C@H]3CC[C@@]4(C)[C@@H]5CC[C@H]6C(C)(C)C(=O)C=C[C@@]67C[C@@]57CC[C@]34C)C(=O)N2)OC1=O. The lowest BCUT2D eigenvalue weighted by atomic mass is 9.42. The fourth-order valence-corrected chi connectivity index (χ4v) is 10.7. The van der Waals surface area contributed by atoms with Gasteiger partial charge in [0, 0.05) is 16.6 Å². The van der Waals surface area contributed by atoms with Crippen LogP contribution >= 0.6 is 0 Å². The lowest BCUT2D eigenvalue weighted by Crippen LogP contribution is -2.56. The largest absolute Gasteiger partial charge is 0.428 e. The Labute approximate surface area is 207 Å². The molecule has 5 aliphatic carbocycles. The number of carbonyl (C=O) groups excluding carboxylic acids is 3. The number of ether oxygens (including phenoxy) is 1. The van der Waals surface area contributed by atoms with Gasteiger partial charge in [-0.1, -0.05) is 33.8 Å². The Morgan fingerprint density at radius 1 is 0.914 bits per heavy atom. The minimum Gasteiger partial charge on any atom is -0.428 e. The summed E-state index contributed by atoms with van der Waals surface area (Å²) in [6, 6.07) is 0. The molecule has 1 N–H and O–H groups in total. The number of nitrogens with one attached hydrogen (secondary N) is 1. The van der Waals surface area contributed by atoms with E-state index in [-0.39, 0.29) is 39.5 Å². The van der Waals surface area contributed by atoms with E-state index in [0.29, 0.717) is 28.6 Å². The maximum absolute atomic E-state index is 13.3. The molecular formula is C30H37NO4. The predicted octanol–water partition coefficient (Wildman–Crippen LogP) is 5.03. The van der Waals surface area contributed by atoms with Crippen LogP contribution in [-0.4, -0.2) is 23.4 Å². The second kappa shape index (κ2) is 6.03. The summed E-state index contributed by atoms with van der Waals surface area (Å²) in [7, 11) is 0. The van der Waals surface area contributed by atoms with Crippen molar-refractivity contribution in [3.63, 3.8) is 0 Å². The molecule has 5 heteroatoms. The van der Waals surface area contributed by atoms with Gasteiger partial charge >= 0.3 is 5.97 Å². The van der Waals surface area contributed by atoms with Crippen LogP contribution in [0.1, 0.15) is 79.6 Å². The quantitative estimate of drug-likeness (QED) is 0.540. The number of hydrogen-bond acceptors (Lipinski definition) is 4. The van der Waals surface area contributed by atoms with Gasteiger partial charge in [0.15, 0.2) is 5.78 Å². The summed E-state index contributed by atoms with van der Waals surface area (Å²) in [6.07, 6.45) is 15.8. The van der Waals surface area contributed by atoms with Crippen molar-refractivity contribution in [2.75, 3.05) is 0 Å². The zero-order chi connectivity index (χ0) is 24.8. The zero-order valence-electron chi connectivity index (χ0n) is 21.6. The molecule has 4 saturated carbocycles. The average Bonchev–Trinajstić information content (AvgIpc) is 3.08. The standard InChI is InChI=1S/C30H37NO4/c1-17-14-30(35-24(17)34)15-18(23(33)31-30)19-8-10-27(5)21-7-6-20-25(2,3)22(32)9-11-28(20)16-29(21,28)13-12-26(19,27)4/h9,11,14-15,19-21H,6-8,10,12-13,16H2,1-5H3,(H,31,33)/t19-,20+,21+,26-,27+,28-,29+,30+/m1/s1. The Morgan fingerprint density at radius 3 is 2.37 bits per heavy atom. The number of carbonyl (C=O) groups is 3. The monoisotopic (exact) mass is 475 g/mol. The van der Waals surface area contributed by atoms with Gasteiger partial charge in [0.25, 0.3) is 5.91 Å². The molecule has 7 aliphatic rings. The summed E-state index contributed by atoms with van der Waals surface area (Å²) in [6.45, 7) is 11.0. The number of rotatable bonds is 1. The predicted molar refractivity (Wildman–Crippen MR) is 131 cm³/mol. The molecule has 8 atom stereocenters. The first-order chi connectivity index (χ1) is 16.3. The first kappa shape index (κ1) is 22.1. The summed E-state index contributed by atoms with van der Waals surface area (Å²) in [4.78, 5) is 38.1. The summed E-state index contributed by atoms with van der Waals surface area (Å²) < 4.78 is 5.60. The third-order valence-corrected chi connectivity index (χ3v) is 12.7. The maximum Gasteiger partial charge on any atom is 0.336 e. The van der Waals surface area contributed by atoms with Crippen LogP contribution < -0.4 is 5.32 Å². The van der Waals surface area contributed by atoms with E-state index in [9.17, 15) is 14.4 Å². The van der Waals surface area contributed by atoms with Gasteiger partial charge in [-0.2, -0.15) is 0 Å². The topological polar surface area (TPSA) is 72.5 Å². The van der Waals surface area contributed by atoms with E-state index in [0.717, 1.165) is 31.3 Å². The Kier molecular flexibility index (Phi) is 3.80. The second-order valence-electron chi connectivity index (χ2n) is 14.0. The molecule has 0 bridgehead atoms. The third kappa shape index (κ3) is 2.26. The Bertz CT molecular complexity index is 1210. The van der Waals surface area contributed by atoms with Gasteiger partial charge in [-0.15, -0.1) is 0 Å². The van der Waals surface area contributed by atoms with Gasteiger partial charge in [0.05, 0.1) is 0 Å². The third-order valence-electron chi connectivity index (χ3n) is 12.7. The lowest BCUT2D eigenvalue weighted by Gasteiger charge is -2.61. The molecule has 1 amide bonds. The van der Waals surface area contributed by atoms with Crippen molar-refractivity contribution in [1.82, 2.24) is 5.32 Å². The molecule has 7 rings (SSSR count). The van der Waals surface area contributed by atoms with E-state index in [1.807, 2.05) is 12.2 Å². The molecule has 35 heavy (non-hydrogen) atoms. The highest BCUT2D eigenvalue weighted by Gasteiger charge is 2.81. The second-order valence-corrected chi connectivity index (χ2v) is 14.0. The van der Waals surface area contributed by atoms with Crippen molar-refractivity contribution in [1.29, 1.82) is 0 Å². The highest BCUT2D eigenvalue weighted by atomic mass is 16.6. The van der Waals surface area contributed by atoms with Crippen LogP contribution in [0.15, 0.2) is 35.5 Å². The molecule has 2 aliphatic heterocycles. The average molecular weight is 476 g/mol. The maximum atomic E-state index is 13.3. The molecule has 3 spiro atoms. The van der Waals surface area contributed by atoms with E-state index in [1.165, 1.54) is 19.3 Å². The molecule has 0 aromatic heterocycles. The van der Waals surface area contributed by atoms with Crippen molar-refractivity contribution in [2.45, 2.75) is 85.3 Å². The van der Waals surface area contributed by atoms with Crippen LogP contribution in [-0.2, 0) is 19.1 Å². The lowest BCUT2D eigenvalue weighted by molar-refractivity contribution is -0.145. The fourth-order valence-electron chi connectivity index (χ4n) is 10.7. The van der Waals surface area contributed by atoms with Crippen LogP contribution in [0, 0.1) is 44.8 Å². The van der Waals surface area contributed by atoms with Crippen molar-refractivity contribution >= 4 is 17.7 Å². The van der Waals surface area contributed by atoms with Crippen LogP contribution in [0.2, 0.25) is 0 Å². The Balaban J connectivity index is 1.25. The van der Waals surface area contributed by atoms with Crippen molar-refractivity contribution in [3.05, 3.63) is 35.5 Å². The van der Waals surface area contributed by atoms with Crippen molar-refractivity contribution < 1.29 is 19.1 Å². The molecular weight excluding hydrogens is 438 g/mol. The molecule has 0 aromatic carbocycles. The smallest absolute Gasteiger partial charge is 0.336 e. The molecule has 5 nitrogen and oxygen atoms in total. The van der Waals surface area contributed by atoms with Crippen LogP contribution in [0.5, 0.6) is 0 Å². The van der Waals surface area contributed by atoms with E-state index in [4.69, 9.17) is 4.74 Å². The highest BCUT2D eigenvalue weighted by molar-refractivity contribution is 6.01. The normalized spacial score (nSPS) is 52.7. The van der Waals surface area contributed by atoms with Crippen LogP contribution in [0.25, 0.3) is 0 Å². The van der Waals surface area contributed by atoms with Gasteiger partial charge in [-0.25, -0.2) is 4.79 Å². The fraction of sp³-hybridized carbons (Fsp3) is 0.700. The number of allylic oxidation sites excluding steroid dienone is 2. The number of ketones is 1. The Morgan fingerprint density at radius 2 is 1.66 bits per heavy atom. The minimum absolute atomic E-state index is 0.0271. The first-order valence-electron chi connectivity index (χ1n) is 13.6. The van der Waals surface area contributed by atoms with Crippen LogP contribution in [0.3, 0.4) is 0 Å². The first-order valence-corrected chi connectivity index (χ1v) is 13.6. The molecule has 0 aromatic rings. The molecule has 0 radical (unpaired) electrons. The summed E-state index contributed by atoms with van der Waals surface area (Å²) in [5, 5.41) is 2.97. The van der Waals surface area contributed by atoms with Crippen LogP contribution in [0.4, 0.5) is 0 Å². The minimum atomic E-state index is -1.09. The number of amides is 1. The van der Waals surface area contributed by atoms with Gasteiger partial charge in [-0.05, 0) is 110 Å².